The quantitative estimate of drug-likeness (QED) is 0.890. The smallest absolute Gasteiger partial charge is 0.257 e. The lowest BCUT2D eigenvalue weighted by atomic mass is 9.84. The van der Waals surface area contributed by atoms with E-state index in [0.717, 1.165) is 25.4 Å². The Hall–Kier alpha value is -2.40. The molecule has 0 bridgehead atoms. The average molecular weight is 312 g/mol. The van der Waals surface area contributed by atoms with Crippen molar-refractivity contribution in [1.29, 1.82) is 0 Å². The number of aromatic nitrogens is 1. The molecule has 1 fully saturated rings. The van der Waals surface area contributed by atoms with Gasteiger partial charge in [0.2, 0.25) is 0 Å². The van der Waals surface area contributed by atoms with E-state index in [0.29, 0.717) is 17.9 Å². The van der Waals surface area contributed by atoms with Gasteiger partial charge < -0.3 is 14.8 Å². The van der Waals surface area contributed by atoms with E-state index < -0.39 is 0 Å². The van der Waals surface area contributed by atoms with Gasteiger partial charge in [-0.1, -0.05) is 13.0 Å². The van der Waals surface area contributed by atoms with E-state index in [1.807, 2.05) is 24.3 Å². The summed E-state index contributed by atoms with van der Waals surface area (Å²) in [7, 11) is 0. The van der Waals surface area contributed by atoms with E-state index in [9.17, 15) is 4.79 Å². The van der Waals surface area contributed by atoms with Crippen molar-refractivity contribution in [3.8, 4) is 5.75 Å². The van der Waals surface area contributed by atoms with E-state index in [1.54, 1.807) is 18.3 Å². The van der Waals surface area contributed by atoms with Gasteiger partial charge in [0.1, 0.15) is 5.75 Å². The highest BCUT2D eigenvalue weighted by molar-refractivity contribution is 6.04. The van der Waals surface area contributed by atoms with Crippen LogP contribution in [0.25, 0.3) is 0 Å². The minimum atomic E-state index is -0.187. The third kappa shape index (κ3) is 3.68. The first-order chi connectivity index (χ1) is 11.2. The van der Waals surface area contributed by atoms with Crippen molar-refractivity contribution >= 4 is 11.6 Å². The summed E-state index contributed by atoms with van der Waals surface area (Å²) >= 11 is 0. The molecule has 1 aromatic heterocycles. The second-order valence-electron chi connectivity index (χ2n) is 5.86. The molecule has 23 heavy (non-hydrogen) atoms. The third-order valence-corrected chi connectivity index (χ3v) is 4.13. The van der Waals surface area contributed by atoms with E-state index in [2.05, 4.69) is 17.2 Å². The van der Waals surface area contributed by atoms with Gasteiger partial charge in [-0.3, -0.25) is 9.78 Å². The lowest BCUT2D eigenvalue weighted by molar-refractivity contribution is -0.133. The van der Waals surface area contributed by atoms with Crippen LogP contribution in [0.1, 0.15) is 23.7 Å². The zero-order chi connectivity index (χ0) is 16.1. The molecular formula is C18H20N2O3. The monoisotopic (exact) mass is 312 g/mol. The van der Waals surface area contributed by atoms with Crippen LogP contribution in [0.5, 0.6) is 5.75 Å². The Labute approximate surface area is 135 Å². The van der Waals surface area contributed by atoms with Crippen LogP contribution in [0, 0.1) is 5.41 Å². The van der Waals surface area contributed by atoms with Crippen LogP contribution in [0.3, 0.4) is 0 Å². The number of rotatable bonds is 6. The highest BCUT2D eigenvalue weighted by atomic mass is 16.5. The zero-order valence-electron chi connectivity index (χ0n) is 13.1. The number of benzene rings is 1. The summed E-state index contributed by atoms with van der Waals surface area (Å²) in [6, 6.07) is 10.9. The summed E-state index contributed by atoms with van der Waals surface area (Å²) in [5.74, 6) is 0.557. The maximum absolute atomic E-state index is 12.1. The molecule has 2 aromatic rings. The van der Waals surface area contributed by atoms with Gasteiger partial charge in [0.05, 0.1) is 30.8 Å². The Morgan fingerprint density at radius 3 is 2.87 bits per heavy atom. The van der Waals surface area contributed by atoms with Gasteiger partial charge in [0.15, 0.2) is 0 Å². The summed E-state index contributed by atoms with van der Waals surface area (Å²) in [4.78, 5) is 16.1. The Balaban J connectivity index is 1.62. The summed E-state index contributed by atoms with van der Waals surface area (Å²) < 4.78 is 11.2. The van der Waals surface area contributed by atoms with E-state index in [1.165, 1.54) is 6.20 Å². The van der Waals surface area contributed by atoms with E-state index in [4.69, 9.17) is 9.47 Å². The summed E-state index contributed by atoms with van der Waals surface area (Å²) in [6.45, 7) is 4.28. The number of hydrogen-bond acceptors (Lipinski definition) is 4. The molecule has 2 heterocycles. The van der Waals surface area contributed by atoms with Crippen molar-refractivity contribution in [2.75, 3.05) is 25.1 Å². The Morgan fingerprint density at radius 1 is 1.35 bits per heavy atom. The lowest BCUT2D eigenvalue weighted by Crippen LogP contribution is -2.46. The fourth-order valence-corrected chi connectivity index (χ4v) is 2.38. The molecule has 0 radical (unpaired) electrons. The summed E-state index contributed by atoms with van der Waals surface area (Å²) in [6.07, 6.45) is 4.21. The number of amides is 1. The van der Waals surface area contributed by atoms with Gasteiger partial charge in [0.25, 0.3) is 5.91 Å². The molecule has 1 aromatic carbocycles. The second-order valence-corrected chi connectivity index (χ2v) is 5.86. The van der Waals surface area contributed by atoms with Gasteiger partial charge >= 0.3 is 0 Å². The molecule has 0 spiro atoms. The van der Waals surface area contributed by atoms with Crippen LogP contribution >= 0.6 is 0 Å². The van der Waals surface area contributed by atoms with Gasteiger partial charge in [-0.15, -0.1) is 0 Å². The minimum Gasteiger partial charge on any atom is -0.493 e. The lowest BCUT2D eigenvalue weighted by Gasteiger charge is -2.40. The number of hydrogen-bond donors (Lipinski definition) is 1. The number of carbonyl (C=O) groups excluding carboxylic acids is 1. The van der Waals surface area contributed by atoms with Gasteiger partial charge in [-0.05, 0) is 30.7 Å². The highest BCUT2D eigenvalue weighted by Crippen LogP contribution is 2.32. The topological polar surface area (TPSA) is 60.5 Å². The normalized spacial score (nSPS) is 15.5. The van der Waals surface area contributed by atoms with Crippen molar-refractivity contribution in [1.82, 2.24) is 4.98 Å². The number of anilines is 1. The molecule has 5 heteroatoms. The van der Waals surface area contributed by atoms with Crippen molar-refractivity contribution in [3.63, 3.8) is 0 Å². The van der Waals surface area contributed by atoms with Gasteiger partial charge in [-0.2, -0.15) is 0 Å². The average Bonchev–Trinajstić information content (AvgIpc) is 2.55. The van der Waals surface area contributed by atoms with E-state index >= 15 is 0 Å². The zero-order valence-corrected chi connectivity index (χ0v) is 13.1. The van der Waals surface area contributed by atoms with Crippen molar-refractivity contribution < 1.29 is 14.3 Å². The number of nitrogens with zero attached hydrogens (tertiary/aromatic N) is 1. The highest BCUT2D eigenvalue weighted by Gasteiger charge is 2.37. The van der Waals surface area contributed by atoms with Crippen molar-refractivity contribution in [3.05, 3.63) is 54.4 Å². The molecule has 3 rings (SSSR count). The first kappa shape index (κ1) is 15.5. The number of nitrogens with one attached hydrogen (secondary N) is 1. The van der Waals surface area contributed by atoms with Gasteiger partial charge in [-0.25, -0.2) is 0 Å². The molecule has 1 N–H and O–H groups in total. The fourth-order valence-electron chi connectivity index (χ4n) is 2.38. The predicted octanol–water partition coefficient (Wildman–Crippen LogP) is 3.14. The SMILES string of the molecule is CCC1(COc2cccc(NC(=O)c3cccnc3)c2)COC1. The molecule has 0 saturated carbocycles. The molecule has 120 valence electrons. The standard InChI is InChI=1S/C18H20N2O3/c1-2-18(11-22-12-18)13-23-16-7-3-6-15(9-16)20-17(21)14-5-4-8-19-10-14/h3-10H,2,11-13H2,1H3,(H,20,21). The molecule has 5 nitrogen and oxygen atoms in total. The summed E-state index contributed by atoms with van der Waals surface area (Å²) in [5, 5.41) is 2.85. The Morgan fingerprint density at radius 2 is 2.22 bits per heavy atom. The maximum atomic E-state index is 12.1. The van der Waals surface area contributed by atoms with Crippen LogP contribution in [0.2, 0.25) is 0 Å². The van der Waals surface area contributed by atoms with Crippen molar-refractivity contribution in [2.45, 2.75) is 13.3 Å². The third-order valence-electron chi connectivity index (χ3n) is 4.13. The van der Waals surface area contributed by atoms with Crippen LogP contribution < -0.4 is 10.1 Å². The molecule has 0 unspecified atom stereocenters. The molecule has 0 atom stereocenters. The predicted molar refractivity (Wildman–Crippen MR) is 87.7 cm³/mol. The van der Waals surface area contributed by atoms with Crippen LogP contribution in [0.4, 0.5) is 5.69 Å². The molecule has 1 aliphatic rings. The Kier molecular flexibility index (Phi) is 4.57. The molecular weight excluding hydrogens is 292 g/mol. The number of pyridine rings is 1. The first-order valence-electron chi connectivity index (χ1n) is 7.73. The molecule has 1 saturated heterocycles. The maximum Gasteiger partial charge on any atom is 0.257 e. The van der Waals surface area contributed by atoms with Crippen LogP contribution in [-0.4, -0.2) is 30.7 Å². The summed E-state index contributed by atoms with van der Waals surface area (Å²) in [5.41, 5.74) is 1.36. The van der Waals surface area contributed by atoms with Gasteiger partial charge in [0, 0.05) is 24.1 Å². The Bertz CT molecular complexity index is 663. The minimum absolute atomic E-state index is 0.134. The second kappa shape index (κ2) is 6.79. The molecule has 1 aliphatic heterocycles. The first-order valence-corrected chi connectivity index (χ1v) is 7.73. The van der Waals surface area contributed by atoms with Crippen LogP contribution in [-0.2, 0) is 4.74 Å². The van der Waals surface area contributed by atoms with Crippen LogP contribution in [0.15, 0.2) is 48.8 Å². The largest absolute Gasteiger partial charge is 0.493 e. The molecule has 1 amide bonds. The van der Waals surface area contributed by atoms with E-state index in [-0.39, 0.29) is 11.3 Å². The molecule has 0 aliphatic carbocycles. The van der Waals surface area contributed by atoms with Crippen molar-refractivity contribution in [2.24, 2.45) is 5.41 Å². The number of ether oxygens (including phenoxy) is 2. The fraction of sp³-hybridized carbons (Fsp3) is 0.333. The number of carbonyl (C=O) groups is 1.